The second kappa shape index (κ2) is 5.72. The molecule has 0 amide bonds. The van der Waals surface area contributed by atoms with Crippen LogP contribution in [0.3, 0.4) is 0 Å². The fraction of sp³-hybridized carbons (Fsp3) is 0.143. The second-order valence-corrected chi connectivity index (χ2v) is 5.20. The third kappa shape index (κ3) is 2.78. The van der Waals surface area contributed by atoms with Gasteiger partial charge >= 0.3 is 5.97 Å². The minimum absolute atomic E-state index is 0.223. The first-order valence-electron chi connectivity index (χ1n) is 5.78. The molecule has 6 heteroatoms. The molecular weight excluding hydrogens is 274 g/mol. The largest absolute Gasteiger partial charge is 0.478 e. The lowest BCUT2D eigenvalue weighted by molar-refractivity contribution is 0.0697. The van der Waals surface area contributed by atoms with Crippen molar-refractivity contribution in [2.45, 2.75) is 23.8 Å². The first kappa shape index (κ1) is 14.0. The van der Waals surface area contributed by atoms with Crippen molar-refractivity contribution in [2.75, 3.05) is 0 Å². The highest BCUT2D eigenvalue weighted by Gasteiger charge is 2.12. The summed E-state index contributed by atoms with van der Waals surface area (Å²) in [6.45, 7) is 3.64. The molecule has 1 aromatic heterocycles. The first-order valence-corrected chi connectivity index (χ1v) is 6.59. The highest BCUT2D eigenvalue weighted by atomic mass is 32.2. The normalized spacial score (nSPS) is 10.1. The summed E-state index contributed by atoms with van der Waals surface area (Å²) in [5.74, 6) is -0.967. The fourth-order valence-electron chi connectivity index (χ4n) is 1.57. The van der Waals surface area contributed by atoms with Crippen molar-refractivity contribution in [3.05, 3.63) is 46.6 Å². The van der Waals surface area contributed by atoms with E-state index in [9.17, 15) is 10.1 Å². The maximum atomic E-state index is 10.8. The van der Waals surface area contributed by atoms with Gasteiger partial charge in [0.25, 0.3) is 0 Å². The highest BCUT2D eigenvalue weighted by molar-refractivity contribution is 7.99. The number of aromatic carboxylic acids is 1. The van der Waals surface area contributed by atoms with Crippen molar-refractivity contribution in [1.29, 1.82) is 5.26 Å². The average Bonchev–Trinajstić information content (AvgIpc) is 2.44. The van der Waals surface area contributed by atoms with Gasteiger partial charge in [0.1, 0.15) is 11.1 Å². The number of carbonyl (C=O) groups is 1. The molecule has 100 valence electrons. The third-order valence-corrected chi connectivity index (χ3v) is 3.84. The van der Waals surface area contributed by atoms with Crippen LogP contribution in [0.2, 0.25) is 0 Å². The number of carboxylic acids is 1. The molecule has 1 aromatic carbocycles. The van der Waals surface area contributed by atoms with Crippen molar-refractivity contribution >= 4 is 17.7 Å². The summed E-state index contributed by atoms with van der Waals surface area (Å²) in [6.07, 6.45) is 0. The van der Waals surface area contributed by atoms with E-state index in [2.05, 4.69) is 16.3 Å². The average molecular weight is 285 g/mol. The number of nitriles is 1. The molecule has 0 spiro atoms. The Labute approximate surface area is 120 Å². The van der Waals surface area contributed by atoms with E-state index in [1.807, 2.05) is 6.92 Å². The van der Waals surface area contributed by atoms with E-state index in [4.69, 9.17) is 5.11 Å². The summed E-state index contributed by atoms with van der Waals surface area (Å²) in [6, 6.07) is 8.55. The SMILES string of the molecule is Cc1nnc(Sc2ccc(C(=O)O)cc2)c(C#N)c1C. The number of carboxylic acid groups (broad SMARTS) is 1. The number of aryl methyl sites for hydroxylation is 1. The Bertz CT molecular complexity index is 706. The lowest BCUT2D eigenvalue weighted by atomic mass is 10.1. The maximum Gasteiger partial charge on any atom is 0.335 e. The summed E-state index contributed by atoms with van der Waals surface area (Å²) in [4.78, 5) is 11.6. The zero-order valence-electron chi connectivity index (χ0n) is 10.9. The van der Waals surface area contributed by atoms with E-state index in [0.29, 0.717) is 10.6 Å². The molecule has 20 heavy (non-hydrogen) atoms. The van der Waals surface area contributed by atoms with Gasteiger partial charge in [-0.05, 0) is 43.7 Å². The molecule has 1 heterocycles. The van der Waals surface area contributed by atoms with Crippen molar-refractivity contribution in [1.82, 2.24) is 10.2 Å². The maximum absolute atomic E-state index is 10.8. The standard InChI is InChI=1S/C14H11N3O2S/c1-8-9(2)16-17-13(12(8)7-15)20-11-5-3-10(4-6-11)14(18)19/h3-6H,1-2H3,(H,18,19). The molecule has 0 aliphatic heterocycles. The number of aromatic nitrogens is 2. The molecular formula is C14H11N3O2S. The smallest absolute Gasteiger partial charge is 0.335 e. The molecule has 0 atom stereocenters. The number of hydrogen-bond donors (Lipinski definition) is 1. The van der Waals surface area contributed by atoms with Gasteiger partial charge in [0, 0.05) is 4.90 Å². The zero-order valence-corrected chi connectivity index (χ0v) is 11.7. The lowest BCUT2D eigenvalue weighted by Crippen LogP contribution is -1.99. The van der Waals surface area contributed by atoms with Gasteiger partial charge < -0.3 is 5.11 Å². The molecule has 0 aliphatic carbocycles. The van der Waals surface area contributed by atoms with Gasteiger partial charge in [-0.15, -0.1) is 5.10 Å². The third-order valence-electron chi connectivity index (χ3n) is 2.85. The van der Waals surface area contributed by atoms with Crippen LogP contribution in [0.15, 0.2) is 34.2 Å². The number of nitrogens with zero attached hydrogens (tertiary/aromatic N) is 3. The van der Waals surface area contributed by atoms with Gasteiger partial charge in [-0.25, -0.2) is 4.79 Å². The van der Waals surface area contributed by atoms with E-state index < -0.39 is 5.97 Å². The summed E-state index contributed by atoms with van der Waals surface area (Å²) < 4.78 is 0. The van der Waals surface area contributed by atoms with E-state index in [-0.39, 0.29) is 5.56 Å². The molecule has 2 rings (SSSR count). The molecule has 5 nitrogen and oxygen atoms in total. The summed E-state index contributed by atoms with van der Waals surface area (Å²) >= 11 is 1.29. The molecule has 0 bridgehead atoms. The van der Waals surface area contributed by atoms with E-state index in [1.165, 1.54) is 23.9 Å². The van der Waals surface area contributed by atoms with E-state index in [1.54, 1.807) is 19.1 Å². The number of benzene rings is 1. The van der Waals surface area contributed by atoms with Gasteiger partial charge in [-0.1, -0.05) is 11.8 Å². The van der Waals surface area contributed by atoms with Crippen LogP contribution < -0.4 is 0 Å². The Morgan fingerprint density at radius 3 is 2.45 bits per heavy atom. The van der Waals surface area contributed by atoms with Gasteiger partial charge in [-0.3, -0.25) is 0 Å². The quantitative estimate of drug-likeness (QED) is 0.933. The minimum atomic E-state index is -0.967. The molecule has 0 radical (unpaired) electrons. The minimum Gasteiger partial charge on any atom is -0.478 e. The van der Waals surface area contributed by atoms with Crippen LogP contribution in [0, 0.1) is 25.2 Å². The van der Waals surface area contributed by atoms with Crippen LogP contribution in [0.25, 0.3) is 0 Å². The Balaban J connectivity index is 2.33. The summed E-state index contributed by atoms with van der Waals surface area (Å²) in [7, 11) is 0. The highest BCUT2D eigenvalue weighted by Crippen LogP contribution is 2.30. The molecule has 0 saturated heterocycles. The van der Waals surface area contributed by atoms with Crippen LogP contribution in [0.1, 0.15) is 27.2 Å². The Kier molecular flexibility index (Phi) is 4.01. The van der Waals surface area contributed by atoms with E-state index in [0.717, 1.165) is 16.2 Å². The van der Waals surface area contributed by atoms with E-state index >= 15 is 0 Å². The Hall–Kier alpha value is -2.39. The van der Waals surface area contributed by atoms with Crippen molar-refractivity contribution in [2.24, 2.45) is 0 Å². The van der Waals surface area contributed by atoms with Crippen LogP contribution in [0.5, 0.6) is 0 Å². The van der Waals surface area contributed by atoms with Gasteiger partial charge in [0.2, 0.25) is 0 Å². The summed E-state index contributed by atoms with van der Waals surface area (Å²) in [5, 5.41) is 26.6. The van der Waals surface area contributed by atoms with Crippen molar-refractivity contribution < 1.29 is 9.90 Å². The predicted molar refractivity (Wildman–Crippen MR) is 73.7 cm³/mol. The molecule has 1 N–H and O–H groups in total. The van der Waals surface area contributed by atoms with Crippen molar-refractivity contribution in [3.8, 4) is 6.07 Å². The molecule has 0 fully saturated rings. The van der Waals surface area contributed by atoms with Crippen LogP contribution in [-0.2, 0) is 0 Å². The van der Waals surface area contributed by atoms with Crippen molar-refractivity contribution in [3.63, 3.8) is 0 Å². The monoisotopic (exact) mass is 285 g/mol. The molecule has 0 saturated carbocycles. The molecule has 2 aromatic rings. The number of rotatable bonds is 3. The van der Waals surface area contributed by atoms with Gasteiger partial charge in [0.15, 0.2) is 0 Å². The zero-order chi connectivity index (χ0) is 14.7. The molecule has 0 aliphatic rings. The van der Waals surface area contributed by atoms with Crippen LogP contribution in [0.4, 0.5) is 0 Å². The van der Waals surface area contributed by atoms with Crippen LogP contribution in [-0.4, -0.2) is 21.3 Å². The number of hydrogen-bond acceptors (Lipinski definition) is 5. The Morgan fingerprint density at radius 2 is 1.90 bits per heavy atom. The van der Waals surface area contributed by atoms with Crippen LogP contribution >= 0.6 is 11.8 Å². The predicted octanol–water partition coefficient (Wildman–Crippen LogP) is 2.81. The second-order valence-electron chi connectivity index (χ2n) is 4.13. The Morgan fingerprint density at radius 1 is 1.25 bits per heavy atom. The van der Waals surface area contributed by atoms with Gasteiger partial charge in [-0.2, -0.15) is 10.4 Å². The molecule has 0 unspecified atom stereocenters. The summed E-state index contributed by atoms with van der Waals surface area (Å²) in [5.41, 5.74) is 2.27. The topological polar surface area (TPSA) is 86.9 Å². The van der Waals surface area contributed by atoms with Gasteiger partial charge in [0.05, 0.1) is 16.8 Å². The lowest BCUT2D eigenvalue weighted by Gasteiger charge is -2.06. The fourth-order valence-corrected chi connectivity index (χ4v) is 2.44. The first-order chi connectivity index (χ1) is 9.52.